The zero-order valence-electron chi connectivity index (χ0n) is 16.4. The zero-order chi connectivity index (χ0) is 22.1. The van der Waals surface area contributed by atoms with Crippen molar-refractivity contribution in [2.45, 2.75) is 0 Å². The Balaban J connectivity index is 1.47. The molecule has 0 bridgehead atoms. The maximum absolute atomic E-state index is 12.7. The second kappa shape index (κ2) is 8.00. The highest BCUT2D eigenvalue weighted by Gasteiger charge is 2.19. The lowest BCUT2D eigenvalue weighted by atomic mass is 10.1. The first-order valence-corrected chi connectivity index (χ1v) is 10.4. The fourth-order valence-corrected chi connectivity index (χ4v) is 3.98. The summed E-state index contributed by atoms with van der Waals surface area (Å²) < 4.78 is 1.68. The summed E-state index contributed by atoms with van der Waals surface area (Å²) in [5, 5.41) is 29.0. The number of carbonyl (C=O) groups is 1. The number of carbonyl (C=O) groups excluding carboxylic acids is 1. The number of para-hydroxylation sites is 1. The van der Waals surface area contributed by atoms with Gasteiger partial charge in [-0.3, -0.25) is 14.9 Å². The monoisotopic (exact) mass is 442 g/mol. The fraction of sp³-hybridized carbons (Fsp3) is 0. The second-order valence-corrected chi connectivity index (χ2v) is 7.75. The van der Waals surface area contributed by atoms with Crippen molar-refractivity contribution in [3.63, 3.8) is 0 Å². The van der Waals surface area contributed by atoms with Crippen LogP contribution in [-0.4, -0.2) is 30.6 Å². The van der Waals surface area contributed by atoms with E-state index in [1.165, 1.54) is 18.2 Å². The first-order valence-electron chi connectivity index (χ1n) is 9.52. The summed E-state index contributed by atoms with van der Waals surface area (Å²) in [7, 11) is 0. The summed E-state index contributed by atoms with van der Waals surface area (Å²) in [5.41, 5.74) is 2.29. The SMILES string of the molecule is O=C(Nc1cccc(-c2ccc3nnc(-c4cccs4)n3n2)c1)c1ccccc1[N+](=O)[O-]. The van der Waals surface area contributed by atoms with Gasteiger partial charge in [-0.05, 0) is 41.8 Å². The van der Waals surface area contributed by atoms with Crippen LogP contribution >= 0.6 is 11.3 Å². The molecule has 0 saturated heterocycles. The predicted molar refractivity (Wildman–Crippen MR) is 121 cm³/mol. The Morgan fingerprint density at radius 2 is 1.88 bits per heavy atom. The van der Waals surface area contributed by atoms with Gasteiger partial charge in [-0.25, -0.2) is 0 Å². The van der Waals surface area contributed by atoms with Crippen LogP contribution in [0.2, 0.25) is 0 Å². The molecule has 0 aliphatic rings. The third kappa shape index (κ3) is 3.59. The number of hydrogen-bond acceptors (Lipinski definition) is 7. The van der Waals surface area contributed by atoms with E-state index in [-0.39, 0.29) is 11.3 Å². The molecular weight excluding hydrogens is 428 g/mol. The molecule has 0 unspecified atom stereocenters. The number of nitro benzene ring substituents is 1. The topological polar surface area (TPSA) is 115 Å². The first-order chi connectivity index (χ1) is 15.6. The summed E-state index contributed by atoms with van der Waals surface area (Å²) in [4.78, 5) is 24.3. The molecule has 0 fully saturated rings. The Morgan fingerprint density at radius 1 is 1.00 bits per heavy atom. The quantitative estimate of drug-likeness (QED) is 0.312. The van der Waals surface area contributed by atoms with Crippen LogP contribution in [0.1, 0.15) is 10.4 Å². The highest BCUT2D eigenvalue weighted by molar-refractivity contribution is 7.13. The molecule has 1 amide bonds. The van der Waals surface area contributed by atoms with Gasteiger partial charge in [0.1, 0.15) is 5.56 Å². The molecule has 10 heteroatoms. The smallest absolute Gasteiger partial charge is 0.282 e. The van der Waals surface area contributed by atoms with Crippen molar-refractivity contribution in [3.05, 3.63) is 93.9 Å². The summed E-state index contributed by atoms with van der Waals surface area (Å²) in [6, 6.07) is 20.5. The average molecular weight is 442 g/mol. The minimum Gasteiger partial charge on any atom is -0.322 e. The molecule has 2 aromatic carbocycles. The van der Waals surface area contributed by atoms with E-state index in [1.54, 1.807) is 40.1 Å². The van der Waals surface area contributed by atoms with E-state index in [4.69, 9.17) is 0 Å². The number of aromatic nitrogens is 4. The van der Waals surface area contributed by atoms with Gasteiger partial charge in [0.05, 0.1) is 15.5 Å². The highest BCUT2D eigenvalue weighted by atomic mass is 32.1. The second-order valence-electron chi connectivity index (χ2n) is 6.80. The van der Waals surface area contributed by atoms with Crippen LogP contribution in [0, 0.1) is 10.1 Å². The van der Waals surface area contributed by atoms with Crippen molar-refractivity contribution in [2.75, 3.05) is 5.32 Å². The molecule has 0 saturated carbocycles. The molecule has 3 aromatic heterocycles. The van der Waals surface area contributed by atoms with Crippen molar-refractivity contribution >= 4 is 34.3 Å². The van der Waals surface area contributed by atoms with Crippen molar-refractivity contribution in [1.29, 1.82) is 0 Å². The van der Waals surface area contributed by atoms with Gasteiger partial charge in [-0.15, -0.1) is 21.5 Å². The van der Waals surface area contributed by atoms with Gasteiger partial charge in [0.15, 0.2) is 11.5 Å². The van der Waals surface area contributed by atoms with Gasteiger partial charge in [-0.1, -0.05) is 30.3 Å². The number of benzene rings is 2. The summed E-state index contributed by atoms with van der Waals surface area (Å²) in [6.07, 6.45) is 0. The molecule has 0 aliphatic carbocycles. The Kier molecular flexibility index (Phi) is 4.88. The number of nitrogens with one attached hydrogen (secondary N) is 1. The van der Waals surface area contributed by atoms with Crippen molar-refractivity contribution in [3.8, 4) is 22.0 Å². The summed E-state index contributed by atoms with van der Waals surface area (Å²) >= 11 is 1.55. The number of anilines is 1. The molecule has 0 spiro atoms. The van der Waals surface area contributed by atoms with Gasteiger partial charge in [0.25, 0.3) is 11.6 Å². The molecule has 0 radical (unpaired) electrons. The lowest BCUT2D eigenvalue weighted by Crippen LogP contribution is -2.13. The van der Waals surface area contributed by atoms with Gasteiger partial charge in [0.2, 0.25) is 0 Å². The van der Waals surface area contributed by atoms with Crippen LogP contribution in [0.15, 0.2) is 78.2 Å². The molecule has 3 heterocycles. The van der Waals surface area contributed by atoms with Crippen LogP contribution < -0.4 is 5.32 Å². The number of rotatable bonds is 5. The van der Waals surface area contributed by atoms with E-state index in [0.29, 0.717) is 22.9 Å². The lowest BCUT2D eigenvalue weighted by molar-refractivity contribution is -0.385. The minimum atomic E-state index is -0.575. The molecule has 5 rings (SSSR count). The summed E-state index contributed by atoms with van der Waals surface area (Å²) in [5.74, 6) is 0.0920. The van der Waals surface area contributed by atoms with Gasteiger partial charge in [-0.2, -0.15) is 9.61 Å². The molecule has 32 heavy (non-hydrogen) atoms. The molecule has 156 valence electrons. The Morgan fingerprint density at radius 3 is 2.69 bits per heavy atom. The Hall–Kier alpha value is -4.44. The van der Waals surface area contributed by atoms with Crippen LogP contribution in [0.4, 0.5) is 11.4 Å². The van der Waals surface area contributed by atoms with E-state index in [2.05, 4.69) is 20.6 Å². The molecular formula is C22H14N6O3S. The van der Waals surface area contributed by atoms with E-state index >= 15 is 0 Å². The molecule has 0 aliphatic heterocycles. The minimum absolute atomic E-state index is 0.00692. The zero-order valence-corrected chi connectivity index (χ0v) is 17.2. The van der Waals surface area contributed by atoms with Gasteiger partial charge >= 0.3 is 0 Å². The normalized spacial score (nSPS) is 10.9. The number of nitro groups is 1. The van der Waals surface area contributed by atoms with Crippen LogP contribution in [0.25, 0.3) is 27.6 Å². The lowest BCUT2D eigenvalue weighted by Gasteiger charge is -2.08. The van der Waals surface area contributed by atoms with Gasteiger partial charge < -0.3 is 5.32 Å². The number of fused-ring (bicyclic) bond motifs is 1. The van der Waals surface area contributed by atoms with Crippen LogP contribution in [0.5, 0.6) is 0 Å². The maximum Gasteiger partial charge on any atom is 0.282 e. The predicted octanol–water partition coefficient (Wildman–Crippen LogP) is 4.68. The van der Waals surface area contributed by atoms with E-state index in [9.17, 15) is 14.9 Å². The largest absolute Gasteiger partial charge is 0.322 e. The van der Waals surface area contributed by atoms with Crippen LogP contribution in [0.3, 0.4) is 0 Å². The van der Waals surface area contributed by atoms with Crippen molar-refractivity contribution in [2.24, 2.45) is 0 Å². The van der Waals surface area contributed by atoms with Gasteiger partial charge in [0, 0.05) is 17.3 Å². The Bertz CT molecular complexity index is 1460. The fourth-order valence-electron chi connectivity index (χ4n) is 3.28. The number of thiophene rings is 1. The number of hydrogen-bond donors (Lipinski definition) is 1. The van der Waals surface area contributed by atoms with Crippen molar-refractivity contribution < 1.29 is 9.72 Å². The standard InChI is InChI=1S/C22H14N6O3S/c29-22(16-7-1-2-8-18(16)28(30)31)23-15-6-3-5-14(13-15)17-10-11-20-24-25-21(27(20)26-17)19-9-4-12-32-19/h1-13H,(H,23,29). The molecule has 0 atom stereocenters. The summed E-state index contributed by atoms with van der Waals surface area (Å²) in [6.45, 7) is 0. The average Bonchev–Trinajstić information content (AvgIpc) is 3.48. The number of amides is 1. The molecule has 1 N–H and O–H groups in total. The van der Waals surface area contributed by atoms with E-state index < -0.39 is 10.8 Å². The van der Waals surface area contributed by atoms with Crippen LogP contribution in [-0.2, 0) is 0 Å². The third-order valence-electron chi connectivity index (χ3n) is 4.77. The maximum atomic E-state index is 12.7. The third-order valence-corrected chi connectivity index (χ3v) is 5.63. The van der Waals surface area contributed by atoms with Crippen molar-refractivity contribution in [1.82, 2.24) is 19.8 Å². The highest BCUT2D eigenvalue weighted by Crippen LogP contribution is 2.26. The number of nitrogens with zero attached hydrogens (tertiary/aromatic N) is 5. The molecule has 5 aromatic rings. The first kappa shape index (κ1) is 19.5. The van der Waals surface area contributed by atoms with E-state index in [0.717, 1.165) is 10.4 Å². The van der Waals surface area contributed by atoms with E-state index in [1.807, 2.05) is 35.7 Å². The molecule has 9 nitrogen and oxygen atoms in total. The Labute approximate surface area is 185 Å².